The number of carbonyl (C=O) groups is 1. The minimum atomic E-state index is -0.0851. The smallest absolute Gasteiger partial charge is 0.251 e. The van der Waals surface area contributed by atoms with Crippen LogP contribution in [0.25, 0.3) is 0 Å². The number of fused-ring (bicyclic) bond motifs is 1. The van der Waals surface area contributed by atoms with Crippen molar-refractivity contribution in [1.82, 2.24) is 5.32 Å². The topological polar surface area (TPSA) is 64.4 Å². The number of nitrogens with two attached hydrogens (primary N) is 1. The summed E-state index contributed by atoms with van der Waals surface area (Å²) >= 11 is 0. The Balaban J connectivity index is 1.55. The van der Waals surface area contributed by atoms with Gasteiger partial charge in [-0.2, -0.15) is 0 Å². The van der Waals surface area contributed by atoms with Crippen LogP contribution >= 0.6 is 0 Å². The molecule has 1 aliphatic rings. The summed E-state index contributed by atoms with van der Waals surface area (Å²) in [7, 11) is 0. The third-order valence-electron chi connectivity index (χ3n) is 3.66. The van der Waals surface area contributed by atoms with E-state index >= 15 is 0 Å². The second-order valence-electron chi connectivity index (χ2n) is 5.16. The standard InChI is InChI=1S/C17H18N2O2/c18-10-12-5-7-13(8-6-12)17(20)19-11-15-9-14-3-1-2-4-16(14)21-15/h1-8,15H,9-11,18H2,(H,19,20). The Hall–Kier alpha value is -2.33. The molecule has 2 aromatic rings. The van der Waals surface area contributed by atoms with Crippen LogP contribution in [-0.2, 0) is 13.0 Å². The van der Waals surface area contributed by atoms with Crippen LogP contribution in [-0.4, -0.2) is 18.6 Å². The Bertz CT molecular complexity index is 612. The molecule has 1 amide bonds. The fraction of sp³-hybridized carbons (Fsp3) is 0.235. The Morgan fingerprint density at radius 3 is 2.67 bits per heavy atom. The van der Waals surface area contributed by atoms with Gasteiger partial charge in [-0.3, -0.25) is 4.79 Å². The van der Waals surface area contributed by atoms with Gasteiger partial charge in [0.25, 0.3) is 5.91 Å². The third-order valence-corrected chi connectivity index (χ3v) is 3.66. The van der Waals surface area contributed by atoms with E-state index in [1.54, 1.807) is 12.1 Å². The third kappa shape index (κ3) is 3.06. The first-order valence-electron chi connectivity index (χ1n) is 7.08. The van der Waals surface area contributed by atoms with Crippen molar-refractivity contribution in [2.24, 2.45) is 5.73 Å². The molecule has 1 unspecified atom stereocenters. The molecule has 0 aromatic heterocycles. The van der Waals surface area contributed by atoms with Crippen molar-refractivity contribution in [3.63, 3.8) is 0 Å². The Kier molecular flexibility index (Phi) is 3.88. The maximum Gasteiger partial charge on any atom is 0.251 e. The Morgan fingerprint density at radius 2 is 1.95 bits per heavy atom. The van der Waals surface area contributed by atoms with Gasteiger partial charge in [-0.15, -0.1) is 0 Å². The fourth-order valence-corrected chi connectivity index (χ4v) is 2.47. The highest BCUT2D eigenvalue weighted by molar-refractivity contribution is 5.94. The van der Waals surface area contributed by atoms with Crippen LogP contribution in [0, 0.1) is 0 Å². The van der Waals surface area contributed by atoms with Gasteiger partial charge in [0.2, 0.25) is 0 Å². The number of amides is 1. The highest BCUT2D eigenvalue weighted by atomic mass is 16.5. The molecule has 0 aliphatic carbocycles. The van der Waals surface area contributed by atoms with Crippen molar-refractivity contribution in [3.05, 3.63) is 65.2 Å². The second-order valence-corrected chi connectivity index (χ2v) is 5.16. The largest absolute Gasteiger partial charge is 0.488 e. The van der Waals surface area contributed by atoms with Crippen molar-refractivity contribution in [3.8, 4) is 5.75 Å². The molecule has 1 heterocycles. The van der Waals surface area contributed by atoms with Gasteiger partial charge in [0.1, 0.15) is 11.9 Å². The van der Waals surface area contributed by atoms with Gasteiger partial charge < -0.3 is 15.8 Å². The Morgan fingerprint density at radius 1 is 1.19 bits per heavy atom. The first-order chi connectivity index (χ1) is 10.3. The molecule has 0 fully saturated rings. The number of benzene rings is 2. The van der Waals surface area contributed by atoms with Crippen molar-refractivity contribution in [1.29, 1.82) is 0 Å². The minimum Gasteiger partial charge on any atom is -0.488 e. The van der Waals surface area contributed by atoms with Crippen molar-refractivity contribution < 1.29 is 9.53 Å². The summed E-state index contributed by atoms with van der Waals surface area (Å²) in [5, 5.41) is 2.92. The molecule has 0 saturated heterocycles. The van der Waals surface area contributed by atoms with Gasteiger partial charge in [0.05, 0.1) is 6.54 Å². The zero-order chi connectivity index (χ0) is 14.7. The number of para-hydroxylation sites is 1. The molecule has 1 aliphatic heterocycles. The van der Waals surface area contributed by atoms with Gasteiger partial charge in [-0.1, -0.05) is 30.3 Å². The normalized spacial score (nSPS) is 16.1. The van der Waals surface area contributed by atoms with Crippen molar-refractivity contribution in [2.45, 2.75) is 19.1 Å². The van der Waals surface area contributed by atoms with Gasteiger partial charge >= 0.3 is 0 Å². The van der Waals surface area contributed by atoms with Gasteiger partial charge in [0, 0.05) is 18.5 Å². The molecule has 0 spiro atoms. The van der Waals surface area contributed by atoms with Crippen LogP contribution in [0.15, 0.2) is 48.5 Å². The first-order valence-corrected chi connectivity index (χ1v) is 7.08. The highest BCUT2D eigenvalue weighted by Crippen LogP contribution is 2.27. The molecule has 108 valence electrons. The summed E-state index contributed by atoms with van der Waals surface area (Å²) in [4.78, 5) is 12.1. The SMILES string of the molecule is NCc1ccc(C(=O)NCC2Cc3ccccc3O2)cc1. The molecular weight excluding hydrogens is 264 g/mol. The lowest BCUT2D eigenvalue weighted by Crippen LogP contribution is -2.34. The summed E-state index contributed by atoms with van der Waals surface area (Å²) in [5.74, 6) is 0.835. The quantitative estimate of drug-likeness (QED) is 0.900. The molecule has 3 N–H and O–H groups in total. The number of carbonyl (C=O) groups excluding carboxylic acids is 1. The lowest BCUT2D eigenvalue weighted by atomic mass is 10.1. The zero-order valence-electron chi connectivity index (χ0n) is 11.7. The van der Waals surface area contributed by atoms with Crippen molar-refractivity contribution >= 4 is 5.91 Å². The van der Waals surface area contributed by atoms with Crippen LogP contribution in [0.3, 0.4) is 0 Å². The molecule has 0 bridgehead atoms. The molecule has 4 nitrogen and oxygen atoms in total. The van der Waals surface area contributed by atoms with Gasteiger partial charge in [0.15, 0.2) is 0 Å². The summed E-state index contributed by atoms with van der Waals surface area (Å²) in [6.45, 7) is 0.988. The lowest BCUT2D eigenvalue weighted by Gasteiger charge is -2.12. The van der Waals surface area contributed by atoms with E-state index in [1.807, 2.05) is 30.3 Å². The fourth-order valence-electron chi connectivity index (χ4n) is 2.47. The molecule has 0 saturated carbocycles. The van der Waals surface area contributed by atoms with E-state index in [2.05, 4.69) is 11.4 Å². The predicted octanol–water partition coefficient (Wildman–Crippen LogP) is 1.88. The van der Waals surface area contributed by atoms with E-state index in [9.17, 15) is 4.79 Å². The zero-order valence-corrected chi connectivity index (χ0v) is 11.7. The molecule has 4 heteroatoms. The van der Waals surface area contributed by atoms with Gasteiger partial charge in [-0.25, -0.2) is 0 Å². The summed E-state index contributed by atoms with van der Waals surface area (Å²) in [5.41, 5.74) is 8.40. The van der Waals surface area contributed by atoms with E-state index in [1.165, 1.54) is 5.56 Å². The number of ether oxygens (including phenoxy) is 1. The van der Waals surface area contributed by atoms with Crippen molar-refractivity contribution in [2.75, 3.05) is 6.54 Å². The van der Waals surface area contributed by atoms with E-state index in [0.29, 0.717) is 18.7 Å². The maximum absolute atomic E-state index is 12.1. The van der Waals surface area contributed by atoms with Crippen LogP contribution < -0.4 is 15.8 Å². The van der Waals surface area contributed by atoms with E-state index in [-0.39, 0.29) is 12.0 Å². The first kappa shape index (κ1) is 13.6. The lowest BCUT2D eigenvalue weighted by molar-refractivity contribution is 0.0933. The summed E-state index contributed by atoms with van der Waals surface area (Å²) in [6, 6.07) is 15.3. The molecule has 0 radical (unpaired) electrons. The Labute approximate surface area is 123 Å². The van der Waals surface area contributed by atoms with Crippen LogP contribution in [0.5, 0.6) is 5.75 Å². The molecular formula is C17H18N2O2. The molecule has 1 atom stereocenters. The molecule has 2 aromatic carbocycles. The van der Waals surface area contributed by atoms with E-state index in [0.717, 1.165) is 17.7 Å². The summed E-state index contributed by atoms with van der Waals surface area (Å²) < 4.78 is 5.80. The molecule has 21 heavy (non-hydrogen) atoms. The number of rotatable bonds is 4. The number of nitrogens with one attached hydrogen (secondary N) is 1. The molecule has 3 rings (SSSR count). The minimum absolute atomic E-state index is 0.00895. The second kappa shape index (κ2) is 5.97. The average Bonchev–Trinajstić information content (AvgIpc) is 2.95. The average molecular weight is 282 g/mol. The van der Waals surface area contributed by atoms with E-state index < -0.39 is 0 Å². The van der Waals surface area contributed by atoms with Gasteiger partial charge in [-0.05, 0) is 29.3 Å². The highest BCUT2D eigenvalue weighted by Gasteiger charge is 2.22. The monoisotopic (exact) mass is 282 g/mol. The summed E-state index contributed by atoms with van der Waals surface area (Å²) in [6.07, 6.45) is 0.845. The van der Waals surface area contributed by atoms with Crippen LogP contribution in [0.2, 0.25) is 0 Å². The predicted molar refractivity (Wildman–Crippen MR) is 81.2 cm³/mol. The van der Waals surface area contributed by atoms with Crippen LogP contribution in [0.4, 0.5) is 0 Å². The number of hydrogen-bond acceptors (Lipinski definition) is 3. The maximum atomic E-state index is 12.1. The van der Waals surface area contributed by atoms with Crippen LogP contribution in [0.1, 0.15) is 21.5 Å². The van der Waals surface area contributed by atoms with E-state index in [4.69, 9.17) is 10.5 Å². The number of hydrogen-bond donors (Lipinski definition) is 2.